The van der Waals surface area contributed by atoms with Gasteiger partial charge in [0.1, 0.15) is 0 Å². The molecule has 0 radical (unpaired) electrons. The van der Waals surface area contributed by atoms with Gasteiger partial charge in [0.15, 0.2) is 0 Å². The molecular formula is C18H36N2. The third kappa shape index (κ3) is 4.46. The van der Waals surface area contributed by atoms with Crippen LogP contribution in [0.1, 0.15) is 65.7 Å². The minimum absolute atomic E-state index is 0.551. The van der Waals surface area contributed by atoms with E-state index in [9.17, 15) is 0 Å². The van der Waals surface area contributed by atoms with Gasteiger partial charge in [0.2, 0.25) is 0 Å². The lowest BCUT2D eigenvalue weighted by Crippen LogP contribution is -2.46. The average Bonchev–Trinajstić information content (AvgIpc) is 2.55. The Balaban J connectivity index is 1.94. The lowest BCUT2D eigenvalue weighted by atomic mass is 9.70. The summed E-state index contributed by atoms with van der Waals surface area (Å²) in [6.07, 6.45) is 9.88. The van der Waals surface area contributed by atoms with Crippen LogP contribution in [0.3, 0.4) is 0 Å². The Hall–Kier alpha value is -0.0800. The molecule has 1 heterocycles. The van der Waals surface area contributed by atoms with Crippen LogP contribution >= 0.6 is 0 Å². The quantitative estimate of drug-likeness (QED) is 0.840. The number of hydrogen-bond acceptors (Lipinski definition) is 2. The number of nitrogens with zero attached hydrogens (tertiary/aromatic N) is 1. The van der Waals surface area contributed by atoms with Crippen LogP contribution in [0.2, 0.25) is 0 Å². The molecule has 2 aliphatic rings. The smallest absolute Gasteiger partial charge is 0.00501 e. The van der Waals surface area contributed by atoms with Crippen molar-refractivity contribution >= 4 is 0 Å². The van der Waals surface area contributed by atoms with Gasteiger partial charge in [-0.1, -0.05) is 33.6 Å². The van der Waals surface area contributed by atoms with Crippen molar-refractivity contribution in [1.29, 1.82) is 0 Å². The van der Waals surface area contributed by atoms with E-state index in [0.717, 1.165) is 5.92 Å². The monoisotopic (exact) mass is 280 g/mol. The van der Waals surface area contributed by atoms with Crippen molar-refractivity contribution in [2.45, 2.75) is 65.7 Å². The minimum Gasteiger partial charge on any atom is -0.319 e. The molecule has 0 bridgehead atoms. The largest absolute Gasteiger partial charge is 0.319 e. The fourth-order valence-electron chi connectivity index (χ4n) is 4.25. The maximum Gasteiger partial charge on any atom is 0.00501 e. The van der Waals surface area contributed by atoms with Crippen molar-refractivity contribution in [3.63, 3.8) is 0 Å². The average molecular weight is 280 g/mol. The van der Waals surface area contributed by atoms with E-state index in [0.29, 0.717) is 10.8 Å². The van der Waals surface area contributed by atoms with Crippen molar-refractivity contribution in [1.82, 2.24) is 10.2 Å². The fourth-order valence-corrected chi connectivity index (χ4v) is 4.25. The first-order valence-corrected chi connectivity index (χ1v) is 8.82. The van der Waals surface area contributed by atoms with Crippen molar-refractivity contribution in [2.75, 3.05) is 33.2 Å². The zero-order chi connectivity index (χ0) is 14.6. The molecule has 0 aromatic heterocycles. The Labute approximate surface area is 126 Å². The third-order valence-corrected chi connectivity index (χ3v) is 5.88. The van der Waals surface area contributed by atoms with E-state index in [-0.39, 0.29) is 0 Å². The van der Waals surface area contributed by atoms with Crippen LogP contribution in [0.25, 0.3) is 0 Å². The van der Waals surface area contributed by atoms with Crippen molar-refractivity contribution in [3.05, 3.63) is 0 Å². The van der Waals surface area contributed by atoms with E-state index in [2.05, 4.69) is 38.0 Å². The highest BCUT2D eigenvalue weighted by Crippen LogP contribution is 2.40. The highest BCUT2D eigenvalue weighted by atomic mass is 15.1. The topological polar surface area (TPSA) is 15.3 Å². The summed E-state index contributed by atoms with van der Waals surface area (Å²) in [6.45, 7) is 12.5. The molecule has 0 aromatic carbocycles. The molecule has 2 fully saturated rings. The summed E-state index contributed by atoms with van der Waals surface area (Å²) in [5.41, 5.74) is 1.11. The summed E-state index contributed by atoms with van der Waals surface area (Å²) in [6, 6.07) is 0. The van der Waals surface area contributed by atoms with Gasteiger partial charge in [0, 0.05) is 13.1 Å². The fraction of sp³-hybridized carbons (Fsp3) is 1.00. The van der Waals surface area contributed by atoms with Crippen molar-refractivity contribution in [3.8, 4) is 0 Å². The van der Waals surface area contributed by atoms with E-state index < -0.39 is 0 Å². The summed E-state index contributed by atoms with van der Waals surface area (Å²) < 4.78 is 0. The van der Waals surface area contributed by atoms with Crippen LogP contribution in [-0.4, -0.2) is 38.1 Å². The molecule has 0 atom stereocenters. The van der Waals surface area contributed by atoms with Crippen LogP contribution in [-0.2, 0) is 0 Å². The van der Waals surface area contributed by atoms with Crippen LogP contribution in [0.5, 0.6) is 0 Å². The number of likely N-dealkylation sites (tertiary alicyclic amines) is 1. The summed E-state index contributed by atoms with van der Waals surface area (Å²) in [4.78, 5) is 2.78. The molecule has 20 heavy (non-hydrogen) atoms. The maximum atomic E-state index is 3.49. The highest BCUT2D eigenvalue weighted by molar-refractivity contribution is 4.90. The first kappa shape index (κ1) is 16.3. The number of hydrogen-bond donors (Lipinski definition) is 1. The van der Waals surface area contributed by atoms with Crippen LogP contribution in [0, 0.1) is 16.7 Å². The summed E-state index contributed by atoms with van der Waals surface area (Å²) >= 11 is 0. The molecule has 2 nitrogen and oxygen atoms in total. The summed E-state index contributed by atoms with van der Waals surface area (Å²) in [5.74, 6) is 0.947. The van der Waals surface area contributed by atoms with E-state index in [1.165, 1.54) is 71.1 Å². The molecule has 2 heteroatoms. The van der Waals surface area contributed by atoms with E-state index >= 15 is 0 Å². The molecule has 1 aliphatic carbocycles. The molecule has 1 aliphatic heterocycles. The summed E-state index contributed by atoms with van der Waals surface area (Å²) in [5, 5.41) is 3.49. The molecule has 0 amide bonds. The first-order valence-electron chi connectivity index (χ1n) is 8.82. The zero-order valence-electron chi connectivity index (χ0n) is 14.3. The molecule has 0 spiro atoms. The van der Waals surface area contributed by atoms with Crippen LogP contribution in [0.4, 0.5) is 0 Å². The Morgan fingerprint density at radius 3 is 2.40 bits per heavy atom. The van der Waals surface area contributed by atoms with Crippen LogP contribution in [0.15, 0.2) is 0 Å². The number of nitrogens with one attached hydrogen (secondary N) is 1. The van der Waals surface area contributed by atoms with Gasteiger partial charge in [-0.05, 0) is 69.0 Å². The second-order valence-electron chi connectivity index (χ2n) is 8.51. The Kier molecular flexibility index (Phi) is 5.53. The molecule has 118 valence electrons. The van der Waals surface area contributed by atoms with Gasteiger partial charge in [-0.25, -0.2) is 0 Å². The van der Waals surface area contributed by atoms with Gasteiger partial charge in [-0.2, -0.15) is 0 Å². The first-order chi connectivity index (χ1) is 9.45. The van der Waals surface area contributed by atoms with Gasteiger partial charge in [-0.3, -0.25) is 0 Å². The predicted octanol–water partition coefficient (Wildman–Crippen LogP) is 3.91. The molecule has 1 saturated heterocycles. The normalized spacial score (nSPS) is 35.7. The second kappa shape index (κ2) is 6.79. The third-order valence-electron chi connectivity index (χ3n) is 5.88. The van der Waals surface area contributed by atoms with E-state index in [1.54, 1.807) is 0 Å². The van der Waals surface area contributed by atoms with Crippen molar-refractivity contribution < 1.29 is 0 Å². The predicted molar refractivity (Wildman–Crippen MR) is 88.1 cm³/mol. The molecule has 0 unspecified atom stereocenters. The van der Waals surface area contributed by atoms with Crippen molar-refractivity contribution in [2.24, 2.45) is 16.7 Å². The highest BCUT2D eigenvalue weighted by Gasteiger charge is 2.36. The Bertz CT molecular complexity index is 290. The van der Waals surface area contributed by atoms with E-state index in [1.807, 2.05) is 0 Å². The lowest BCUT2D eigenvalue weighted by molar-refractivity contribution is 0.0883. The van der Waals surface area contributed by atoms with E-state index in [4.69, 9.17) is 0 Å². The lowest BCUT2D eigenvalue weighted by Gasteiger charge is -2.43. The van der Waals surface area contributed by atoms with Crippen LogP contribution < -0.4 is 5.32 Å². The van der Waals surface area contributed by atoms with Gasteiger partial charge < -0.3 is 10.2 Å². The summed E-state index contributed by atoms with van der Waals surface area (Å²) in [7, 11) is 2.13. The molecular weight excluding hydrogens is 244 g/mol. The van der Waals surface area contributed by atoms with Gasteiger partial charge >= 0.3 is 0 Å². The maximum absolute atomic E-state index is 3.49. The molecule has 1 N–H and O–H groups in total. The second-order valence-corrected chi connectivity index (χ2v) is 8.51. The van der Waals surface area contributed by atoms with Gasteiger partial charge in [0.25, 0.3) is 0 Å². The zero-order valence-corrected chi connectivity index (χ0v) is 14.3. The molecule has 2 rings (SSSR count). The Morgan fingerprint density at radius 2 is 1.75 bits per heavy atom. The SMILES string of the molecule is CNCC1(CN2CCCC(C)(C)CC2)CCC(C)CC1. The number of rotatable bonds is 4. The minimum atomic E-state index is 0.551. The standard InChI is InChI=1S/C18H36N2/c1-16-6-9-18(10-7-16,14-19-4)15-20-12-5-8-17(2,3)11-13-20/h16,19H,5-15H2,1-4H3. The molecule has 1 saturated carbocycles. The Morgan fingerprint density at radius 1 is 1.05 bits per heavy atom. The molecule has 0 aromatic rings. The van der Waals surface area contributed by atoms with Gasteiger partial charge in [0.05, 0.1) is 0 Å². The van der Waals surface area contributed by atoms with Gasteiger partial charge in [-0.15, -0.1) is 0 Å².